The van der Waals surface area contributed by atoms with Crippen LogP contribution in [0.5, 0.6) is 5.75 Å². The molecule has 94 valence electrons. The lowest BCUT2D eigenvalue weighted by Gasteiger charge is -2.12. The van der Waals surface area contributed by atoms with Crippen LogP contribution >= 0.6 is 0 Å². The molecular weight excluding hydrogens is 238 g/mol. The Morgan fingerprint density at radius 1 is 1.35 bits per heavy atom. The van der Waals surface area contributed by atoms with Crippen LogP contribution in [0.3, 0.4) is 0 Å². The third kappa shape index (κ3) is 3.08. The van der Waals surface area contributed by atoms with Gasteiger partial charge in [0, 0.05) is 12.6 Å². The molecule has 0 aliphatic rings. The molecule has 17 heavy (non-hydrogen) atoms. The van der Waals surface area contributed by atoms with Gasteiger partial charge in [0.05, 0.1) is 12.0 Å². The van der Waals surface area contributed by atoms with E-state index in [1.165, 1.54) is 19.3 Å². The number of hydrogen-bond donors (Lipinski definition) is 1. The summed E-state index contributed by atoms with van der Waals surface area (Å²) in [5.74, 6) is 0.564. The average molecular weight is 255 g/mol. The maximum atomic E-state index is 12.0. The van der Waals surface area contributed by atoms with E-state index in [9.17, 15) is 8.42 Å². The van der Waals surface area contributed by atoms with Gasteiger partial charge in [-0.05, 0) is 25.0 Å². The lowest BCUT2D eigenvalue weighted by atomic mass is 10.1. The van der Waals surface area contributed by atoms with Crippen LogP contribution in [0.15, 0.2) is 29.7 Å². The van der Waals surface area contributed by atoms with Crippen LogP contribution in [0, 0.1) is 13.8 Å². The van der Waals surface area contributed by atoms with Gasteiger partial charge in [-0.3, -0.25) is 0 Å². The van der Waals surface area contributed by atoms with Gasteiger partial charge in [-0.25, -0.2) is 13.1 Å². The standard InChI is InChI=1S/C12H17NO3S/c1-5-6-13-17(14,15)12-8-11(16-4)9(2)7-10(12)3/h5,7-8,13H,1,6H2,2-4H3. The Morgan fingerprint density at radius 3 is 2.53 bits per heavy atom. The van der Waals surface area contributed by atoms with Gasteiger partial charge in [-0.1, -0.05) is 12.1 Å². The minimum atomic E-state index is -3.50. The predicted molar refractivity (Wildman–Crippen MR) is 67.9 cm³/mol. The summed E-state index contributed by atoms with van der Waals surface area (Å²) >= 11 is 0. The quantitative estimate of drug-likeness (QED) is 0.816. The van der Waals surface area contributed by atoms with Crippen molar-refractivity contribution < 1.29 is 13.2 Å². The molecule has 1 rings (SSSR count). The maximum Gasteiger partial charge on any atom is 0.241 e. The number of nitrogens with one attached hydrogen (secondary N) is 1. The molecule has 0 unspecified atom stereocenters. The fraction of sp³-hybridized carbons (Fsp3) is 0.333. The maximum absolute atomic E-state index is 12.0. The first-order chi connectivity index (χ1) is 7.92. The van der Waals surface area contributed by atoms with Crippen molar-refractivity contribution in [3.63, 3.8) is 0 Å². The van der Waals surface area contributed by atoms with Crippen molar-refractivity contribution in [3.05, 3.63) is 35.9 Å². The third-order valence-electron chi connectivity index (χ3n) is 2.40. The lowest BCUT2D eigenvalue weighted by Crippen LogP contribution is -2.24. The van der Waals surface area contributed by atoms with E-state index in [-0.39, 0.29) is 11.4 Å². The van der Waals surface area contributed by atoms with Crippen molar-refractivity contribution in [2.75, 3.05) is 13.7 Å². The smallest absolute Gasteiger partial charge is 0.241 e. The molecule has 0 aliphatic heterocycles. The summed E-state index contributed by atoms with van der Waals surface area (Å²) in [6.45, 7) is 7.32. The number of rotatable bonds is 5. The molecule has 1 N–H and O–H groups in total. The number of aryl methyl sites for hydroxylation is 2. The van der Waals surface area contributed by atoms with E-state index in [2.05, 4.69) is 11.3 Å². The zero-order valence-electron chi connectivity index (χ0n) is 10.3. The molecule has 5 heteroatoms. The first kappa shape index (κ1) is 13.7. The molecule has 0 bridgehead atoms. The van der Waals surface area contributed by atoms with Crippen molar-refractivity contribution in [1.29, 1.82) is 0 Å². The van der Waals surface area contributed by atoms with Crippen LogP contribution < -0.4 is 9.46 Å². The highest BCUT2D eigenvalue weighted by atomic mass is 32.2. The molecule has 0 saturated heterocycles. The highest BCUT2D eigenvalue weighted by Crippen LogP contribution is 2.25. The summed E-state index contributed by atoms with van der Waals surface area (Å²) in [5, 5.41) is 0. The second-order valence-electron chi connectivity index (χ2n) is 3.73. The number of benzene rings is 1. The molecule has 4 nitrogen and oxygen atoms in total. The number of ether oxygens (including phenoxy) is 1. The Morgan fingerprint density at radius 2 is 2.00 bits per heavy atom. The molecular formula is C12H17NO3S. The fourth-order valence-electron chi connectivity index (χ4n) is 1.57. The van der Waals surface area contributed by atoms with Gasteiger partial charge in [-0.15, -0.1) is 6.58 Å². The second kappa shape index (κ2) is 5.33. The molecule has 0 heterocycles. The van der Waals surface area contributed by atoms with E-state index in [4.69, 9.17) is 4.74 Å². The van der Waals surface area contributed by atoms with E-state index in [1.54, 1.807) is 13.0 Å². The Balaban J connectivity index is 3.26. The third-order valence-corrected chi connectivity index (χ3v) is 3.97. The second-order valence-corrected chi connectivity index (χ2v) is 5.46. The van der Waals surface area contributed by atoms with Gasteiger partial charge in [0.25, 0.3) is 0 Å². The Bertz CT molecular complexity index is 521. The van der Waals surface area contributed by atoms with Crippen LogP contribution in [0.2, 0.25) is 0 Å². The fourth-order valence-corrected chi connectivity index (χ4v) is 2.81. The van der Waals surface area contributed by atoms with Crippen molar-refractivity contribution in [2.45, 2.75) is 18.7 Å². The summed E-state index contributed by atoms with van der Waals surface area (Å²) in [5.41, 5.74) is 1.60. The highest BCUT2D eigenvalue weighted by molar-refractivity contribution is 7.89. The van der Waals surface area contributed by atoms with Crippen LogP contribution in [0.4, 0.5) is 0 Å². The molecule has 0 aliphatic carbocycles. The van der Waals surface area contributed by atoms with Crippen LogP contribution in [0.25, 0.3) is 0 Å². The van der Waals surface area contributed by atoms with Crippen LogP contribution in [-0.2, 0) is 10.0 Å². The predicted octanol–water partition coefficient (Wildman–Crippen LogP) is 1.78. The van der Waals surface area contributed by atoms with Gasteiger partial charge >= 0.3 is 0 Å². The number of hydrogen-bond acceptors (Lipinski definition) is 3. The molecule has 0 fully saturated rings. The minimum Gasteiger partial charge on any atom is -0.496 e. The van der Waals surface area contributed by atoms with Gasteiger partial charge < -0.3 is 4.74 Å². The molecule has 0 spiro atoms. The summed E-state index contributed by atoms with van der Waals surface area (Å²) in [4.78, 5) is 0.238. The van der Waals surface area contributed by atoms with Crippen LogP contribution in [-0.4, -0.2) is 22.1 Å². The Hall–Kier alpha value is -1.33. The number of methoxy groups -OCH3 is 1. The van der Waals surface area contributed by atoms with E-state index in [1.807, 2.05) is 6.92 Å². The summed E-state index contributed by atoms with van der Waals surface area (Å²) in [6.07, 6.45) is 1.50. The molecule has 1 aromatic carbocycles. The monoisotopic (exact) mass is 255 g/mol. The molecule has 0 atom stereocenters. The van der Waals surface area contributed by atoms with Crippen molar-refractivity contribution in [2.24, 2.45) is 0 Å². The Labute approximate surface area is 102 Å². The number of sulfonamides is 1. The zero-order chi connectivity index (χ0) is 13.1. The topological polar surface area (TPSA) is 55.4 Å². The molecule has 0 radical (unpaired) electrons. The SMILES string of the molecule is C=CCNS(=O)(=O)c1cc(OC)c(C)cc1C. The van der Waals surface area contributed by atoms with Crippen molar-refractivity contribution in [1.82, 2.24) is 4.72 Å². The first-order valence-electron chi connectivity index (χ1n) is 5.18. The molecule has 0 saturated carbocycles. The van der Waals surface area contributed by atoms with Gasteiger partial charge in [0.1, 0.15) is 5.75 Å². The van der Waals surface area contributed by atoms with Gasteiger partial charge in [0.2, 0.25) is 10.0 Å². The first-order valence-corrected chi connectivity index (χ1v) is 6.66. The summed E-state index contributed by atoms with van der Waals surface area (Å²) in [6, 6.07) is 3.33. The zero-order valence-corrected chi connectivity index (χ0v) is 11.1. The minimum absolute atomic E-state index is 0.206. The normalized spacial score (nSPS) is 11.2. The highest BCUT2D eigenvalue weighted by Gasteiger charge is 2.17. The van der Waals surface area contributed by atoms with E-state index >= 15 is 0 Å². The lowest BCUT2D eigenvalue weighted by molar-refractivity contribution is 0.410. The van der Waals surface area contributed by atoms with E-state index < -0.39 is 10.0 Å². The van der Waals surface area contributed by atoms with E-state index in [0.717, 1.165) is 5.56 Å². The van der Waals surface area contributed by atoms with Crippen LogP contribution in [0.1, 0.15) is 11.1 Å². The van der Waals surface area contributed by atoms with Gasteiger partial charge in [0.15, 0.2) is 0 Å². The van der Waals surface area contributed by atoms with Gasteiger partial charge in [-0.2, -0.15) is 0 Å². The van der Waals surface area contributed by atoms with Crippen molar-refractivity contribution in [3.8, 4) is 5.75 Å². The molecule has 0 amide bonds. The summed E-state index contributed by atoms with van der Waals surface area (Å²) in [7, 11) is -1.98. The Kier molecular flexibility index (Phi) is 4.31. The molecule has 0 aromatic heterocycles. The largest absolute Gasteiger partial charge is 0.496 e. The molecule has 1 aromatic rings. The van der Waals surface area contributed by atoms with E-state index in [0.29, 0.717) is 11.3 Å². The van der Waals surface area contributed by atoms with Crippen molar-refractivity contribution >= 4 is 10.0 Å². The summed E-state index contributed by atoms with van der Waals surface area (Å²) < 4.78 is 31.5. The average Bonchev–Trinajstić information content (AvgIpc) is 2.26.